The van der Waals surface area contributed by atoms with Gasteiger partial charge in [-0.05, 0) is 6.07 Å². The van der Waals surface area contributed by atoms with E-state index >= 15 is 0 Å². The van der Waals surface area contributed by atoms with Gasteiger partial charge in [0.1, 0.15) is 4.91 Å². The maximum Gasteiger partial charge on any atom is 0.214 e. The van der Waals surface area contributed by atoms with E-state index in [1.165, 1.54) is 12.1 Å². The van der Waals surface area contributed by atoms with Crippen LogP contribution in [0.2, 0.25) is 0 Å². The summed E-state index contributed by atoms with van der Waals surface area (Å²) in [5.41, 5.74) is 0.0775. The second-order valence-corrected chi connectivity index (χ2v) is 6.50. The van der Waals surface area contributed by atoms with Gasteiger partial charge in [0.15, 0.2) is 11.6 Å². The van der Waals surface area contributed by atoms with Crippen LogP contribution in [0.25, 0.3) is 0 Å². The molecule has 0 unspecified atom stereocenters. The Balaban J connectivity index is 2.12. The van der Waals surface area contributed by atoms with Gasteiger partial charge in [-0.25, -0.2) is 17.2 Å². The molecular formula is C15H9F2NO3S. The van der Waals surface area contributed by atoms with Gasteiger partial charge < -0.3 is 5.32 Å². The van der Waals surface area contributed by atoms with Crippen molar-refractivity contribution < 1.29 is 22.0 Å². The molecule has 1 heterocycles. The van der Waals surface area contributed by atoms with E-state index in [-0.39, 0.29) is 11.3 Å². The Hall–Kier alpha value is -2.54. The summed E-state index contributed by atoms with van der Waals surface area (Å²) in [7, 11) is -4.23. The zero-order valence-corrected chi connectivity index (χ0v) is 11.8. The summed E-state index contributed by atoms with van der Waals surface area (Å²) in [6.45, 7) is 0. The van der Waals surface area contributed by atoms with Gasteiger partial charge in [-0.1, -0.05) is 30.3 Å². The molecule has 0 aliphatic carbocycles. The van der Waals surface area contributed by atoms with Crippen molar-refractivity contribution in [1.29, 1.82) is 0 Å². The summed E-state index contributed by atoms with van der Waals surface area (Å²) in [5.74, 6) is -3.19. The summed E-state index contributed by atoms with van der Waals surface area (Å²) in [5, 5.41) is 2.52. The normalized spacial score (nSPS) is 15.5. The fourth-order valence-electron chi connectivity index (χ4n) is 2.12. The number of ketones is 1. The van der Waals surface area contributed by atoms with Crippen molar-refractivity contribution >= 4 is 21.3 Å². The summed E-state index contributed by atoms with van der Waals surface area (Å²) < 4.78 is 51.4. The van der Waals surface area contributed by atoms with Crippen LogP contribution in [0.3, 0.4) is 0 Å². The lowest BCUT2D eigenvalue weighted by Crippen LogP contribution is -2.21. The highest BCUT2D eigenvalue weighted by Crippen LogP contribution is 2.34. The number of benzene rings is 2. The van der Waals surface area contributed by atoms with Gasteiger partial charge >= 0.3 is 0 Å². The summed E-state index contributed by atoms with van der Waals surface area (Å²) in [6.07, 6.45) is 0.990. The molecule has 7 heteroatoms. The van der Waals surface area contributed by atoms with Crippen LogP contribution >= 0.6 is 0 Å². The molecule has 0 aromatic heterocycles. The Bertz CT molecular complexity index is 906. The van der Waals surface area contributed by atoms with E-state index in [2.05, 4.69) is 5.32 Å². The first kappa shape index (κ1) is 14.4. The molecule has 1 aliphatic heterocycles. The van der Waals surface area contributed by atoms with Crippen LogP contribution in [0.1, 0.15) is 10.4 Å². The molecule has 0 saturated carbocycles. The third-order valence-corrected chi connectivity index (χ3v) is 5.02. The van der Waals surface area contributed by atoms with Crippen LogP contribution < -0.4 is 5.32 Å². The Morgan fingerprint density at radius 3 is 2.32 bits per heavy atom. The molecule has 3 rings (SSSR count). The van der Waals surface area contributed by atoms with Gasteiger partial charge in [0.05, 0.1) is 10.6 Å². The van der Waals surface area contributed by atoms with E-state index < -0.39 is 37.1 Å². The summed E-state index contributed by atoms with van der Waals surface area (Å²) in [4.78, 5) is 11.3. The van der Waals surface area contributed by atoms with Crippen molar-refractivity contribution in [3.63, 3.8) is 0 Å². The molecule has 0 fully saturated rings. The molecule has 22 heavy (non-hydrogen) atoms. The number of allylic oxidation sites excluding steroid dienone is 1. The molecule has 0 radical (unpaired) electrons. The molecule has 0 bridgehead atoms. The third-order valence-electron chi connectivity index (χ3n) is 3.22. The van der Waals surface area contributed by atoms with Gasteiger partial charge in [-0.2, -0.15) is 0 Å². The summed E-state index contributed by atoms with van der Waals surface area (Å²) in [6, 6.07) is 9.13. The highest BCUT2D eigenvalue weighted by Gasteiger charge is 2.33. The van der Waals surface area contributed by atoms with Gasteiger partial charge in [-0.15, -0.1) is 0 Å². The van der Waals surface area contributed by atoms with Crippen LogP contribution in [0.15, 0.2) is 58.5 Å². The Morgan fingerprint density at radius 1 is 1.00 bits per heavy atom. The molecule has 0 spiro atoms. The number of rotatable bonds is 2. The monoisotopic (exact) mass is 321 g/mol. The number of halogens is 2. The maximum absolute atomic E-state index is 13.3. The first-order valence-electron chi connectivity index (χ1n) is 6.22. The third kappa shape index (κ3) is 2.19. The number of hydrogen-bond acceptors (Lipinski definition) is 4. The zero-order chi connectivity index (χ0) is 15.9. The minimum absolute atomic E-state index is 0.108. The Labute approximate surface area is 125 Å². The fraction of sp³-hybridized carbons (Fsp3) is 0. The SMILES string of the molecule is O=C(C1=CNc2cc(F)c(F)cc2S1(=O)=O)c1ccccc1. The molecule has 112 valence electrons. The minimum atomic E-state index is -4.23. The lowest BCUT2D eigenvalue weighted by atomic mass is 10.1. The Morgan fingerprint density at radius 2 is 1.64 bits per heavy atom. The lowest BCUT2D eigenvalue weighted by molar-refractivity contribution is 0.104. The van der Waals surface area contributed by atoms with Crippen molar-refractivity contribution in [3.05, 3.63) is 70.8 Å². The van der Waals surface area contributed by atoms with Crippen LogP contribution in [0.5, 0.6) is 0 Å². The quantitative estimate of drug-likeness (QED) is 0.682. The van der Waals surface area contributed by atoms with Crippen LogP contribution in [-0.4, -0.2) is 14.2 Å². The number of nitrogens with one attached hydrogen (secondary N) is 1. The molecule has 2 aromatic carbocycles. The maximum atomic E-state index is 13.3. The molecular weight excluding hydrogens is 312 g/mol. The predicted molar refractivity (Wildman–Crippen MR) is 76.0 cm³/mol. The van der Waals surface area contributed by atoms with Crippen molar-refractivity contribution in [2.75, 3.05) is 5.32 Å². The van der Waals surface area contributed by atoms with Crippen LogP contribution in [-0.2, 0) is 9.84 Å². The second-order valence-electron chi connectivity index (χ2n) is 4.61. The van der Waals surface area contributed by atoms with E-state index in [9.17, 15) is 22.0 Å². The number of anilines is 1. The Kier molecular flexibility index (Phi) is 3.29. The highest BCUT2D eigenvalue weighted by atomic mass is 32.2. The van der Waals surface area contributed by atoms with Gasteiger partial charge in [0.2, 0.25) is 15.6 Å². The lowest BCUT2D eigenvalue weighted by Gasteiger charge is -2.18. The number of hydrogen-bond donors (Lipinski definition) is 1. The predicted octanol–water partition coefficient (Wildman–Crippen LogP) is 2.89. The fourth-order valence-corrected chi connectivity index (χ4v) is 3.60. The van der Waals surface area contributed by atoms with Gasteiger partial charge in [0.25, 0.3) is 0 Å². The number of carbonyl (C=O) groups excluding carboxylic acids is 1. The average Bonchev–Trinajstić information content (AvgIpc) is 2.50. The van der Waals surface area contributed by atoms with Crippen molar-refractivity contribution in [2.45, 2.75) is 4.90 Å². The van der Waals surface area contributed by atoms with Crippen LogP contribution in [0.4, 0.5) is 14.5 Å². The molecule has 0 amide bonds. The van der Waals surface area contributed by atoms with Crippen molar-refractivity contribution in [1.82, 2.24) is 0 Å². The van der Waals surface area contributed by atoms with Gasteiger partial charge in [0, 0.05) is 17.8 Å². The minimum Gasteiger partial charge on any atom is -0.359 e. The van der Waals surface area contributed by atoms with Crippen LogP contribution in [0, 0.1) is 11.6 Å². The largest absolute Gasteiger partial charge is 0.359 e. The molecule has 2 aromatic rings. The first-order valence-corrected chi connectivity index (χ1v) is 7.70. The topological polar surface area (TPSA) is 63.2 Å². The molecule has 0 atom stereocenters. The van der Waals surface area contributed by atoms with E-state index in [1.807, 2.05) is 0 Å². The van der Waals surface area contributed by atoms with E-state index in [4.69, 9.17) is 0 Å². The number of Topliss-reactive ketones (excluding diaryl/α,β-unsaturated/α-hetero) is 1. The van der Waals surface area contributed by atoms with Crippen molar-refractivity contribution in [2.24, 2.45) is 0 Å². The summed E-state index contributed by atoms with van der Waals surface area (Å²) >= 11 is 0. The number of sulfone groups is 1. The van der Waals surface area contributed by atoms with E-state index in [0.29, 0.717) is 6.07 Å². The molecule has 1 N–H and O–H groups in total. The van der Waals surface area contributed by atoms with Crippen molar-refractivity contribution in [3.8, 4) is 0 Å². The van der Waals surface area contributed by atoms with E-state index in [0.717, 1.165) is 12.3 Å². The van der Waals surface area contributed by atoms with Gasteiger partial charge in [-0.3, -0.25) is 4.79 Å². The molecule has 4 nitrogen and oxygen atoms in total. The first-order chi connectivity index (χ1) is 10.4. The van der Waals surface area contributed by atoms with E-state index in [1.54, 1.807) is 18.2 Å². The number of carbonyl (C=O) groups is 1. The average molecular weight is 321 g/mol. The molecule has 1 aliphatic rings. The smallest absolute Gasteiger partial charge is 0.214 e. The number of fused-ring (bicyclic) bond motifs is 1. The molecule has 0 saturated heterocycles. The zero-order valence-electron chi connectivity index (χ0n) is 11.0. The second kappa shape index (κ2) is 5.03. The standard InChI is InChI=1S/C15H9F2NO3S/c16-10-6-12-13(7-11(10)17)22(20,21)14(8-18-12)15(19)9-4-2-1-3-5-9/h1-8,18H. The highest BCUT2D eigenvalue weighted by molar-refractivity contribution is 7.96.